The van der Waals surface area contributed by atoms with Gasteiger partial charge >= 0.3 is 17.9 Å². The van der Waals surface area contributed by atoms with Crippen molar-refractivity contribution in [1.29, 1.82) is 0 Å². The van der Waals surface area contributed by atoms with Gasteiger partial charge in [-0.15, -0.1) is 0 Å². The van der Waals surface area contributed by atoms with E-state index in [4.69, 9.17) is 14.2 Å². The lowest BCUT2D eigenvalue weighted by atomic mass is 10.0. The number of carbonyl (C=O) groups excluding carboxylic acids is 3. The summed E-state index contributed by atoms with van der Waals surface area (Å²) < 4.78 is 16.8. The first-order chi connectivity index (χ1) is 29.0. The zero-order valence-corrected chi connectivity index (χ0v) is 39.0. The van der Waals surface area contributed by atoms with Crippen LogP contribution in [0, 0.1) is 0 Å². The topological polar surface area (TPSA) is 78.9 Å². The van der Waals surface area contributed by atoms with Gasteiger partial charge in [-0.3, -0.25) is 14.4 Å². The van der Waals surface area contributed by atoms with Crippen LogP contribution in [0.2, 0.25) is 0 Å². The number of hydrogen-bond acceptors (Lipinski definition) is 6. The lowest BCUT2D eigenvalue weighted by Gasteiger charge is -2.18. The van der Waals surface area contributed by atoms with Crippen molar-refractivity contribution in [1.82, 2.24) is 0 Å². The summed E-state index contributed by atoms with van der Waals surface area (Å²) in [5, 5.41) is 0. The normalized spacial score (nSPS) is 12.4. The Labute approximate surface area is 365 Å². The van der Waals surface area contributed by atoms with Crippen LogP contribution >= 0.6 is 0 Å². The first-order valence-electron chi connectivity index (χ1n) is 25.1. The van der Waals surface area contributed by atoms with Crippen LogP contribution in [0.15, 0.2) is 48.6 Å². The molecule has 0 fully saturated rings. The Balaban J connectivity index is 4.36. The summed E-state index contributed by atoms with van der Waals surface area (Å²) in [5.74, 6) is -0.902. The zero-order valence-electron chi connectivity index (χ0n) is 39.0. The molecule has 0 heterocycles. The van der Waals surface area contributed by atoms with Crippen molar-refractivity contribution in [2.24, 2.45) is 0 Å². The minimum absolute atomic E-state index is 0.0800. The highest BCUT2D eigenvalue weighted by Gasteiger charge is 2.19. The molecular weight excluding hydrogens is 733 g/mol. The number of carbonyl (C=O) groups is 3. The highest BCUT2D eigenvalue weighted by atomic mass is 16.6. The fourth-order valence-electron chi connectivity index (χ4n) is 7.03. The van der Waals surface area contributed by atoms with Crippen molar-refractivity contribution >= 4 is 17.9 Å². The molecule has 0 aromatic heterocycles. The van der Waals surface area contributed by atoms with Gasteiger partial charge in [0.15, 0.2) is 6.10 Å². The molecule has 0 spiro atoms. The van der Waals surface area contributed by atoms with Gasteiger partial charge in [0.05, 0.1) is 0 Å². The third-order valence-electron chi connectivity index (χ3n) is 10.8. The average Bonchev–Trinajstić information content (AvgIpc) is 3.23. The molecule has 1 atom stereocenters. The molecule has 6 nitrogen and oxygen atoms in total. The van der Waals surface area contributed by atoms with Crippen LogP contribution in [-0.2, 0) is 28.6 Å². The van der Waals surface area contributed by atoms with Gasteiger partial charge in [0, 0.05) is 19.3 Å². The van der Waals surface area contributed by atoms with Crippen LogP contribution in [0.1, 0.15) is 252 Å². The van der Waals surface area contributed by atoms with Crippen molar-refractivity contribution in [3.05, 3.63) is 48.6 Å². The van der Waals surface area contributed by atoms with Crippen LogP contribution in [0.3, 0.4) is 0 Å². The summed E-state index contributed by atoms with van der Waals surface area (Å²) in [4.78, 5) is 37.9. The number of esters is 3. The largest absolute Gasteiger partial charge is 0.462 e. The molecule has 6 heteroatoms. The summed E-state index contributed by atoms with van der Waals surface area (Å²) in [6, 6.07) is 0. The van der Waals surface area contributed by atoms with Gasteiger partial charge in [0.1, 0.15) is 13.2 Å². The predicted molar refractivity (Wildman–Crippen MR) is 252 cm³/mol. The fraction of sp³-hybridized carbons (Fsp3) is 0.792. The molecular formula is C53H94O6. The summed E-state index contributed by atoms with van der Waals surface area (Å²) in [5.41, 5.74) is 0. The van der Waals surface area contributed by atoms with E-state index < -0.39 is 6.10 Å². The molecule has 0 amide bonds. The van der Waals surface area contributed by atoms with Gasteiger partial charge in [-0.05, 0) is 70.6 Å². The third kappa shape index (κ3) is 46.3. The van der Waals surface area contributed by atoms with E-state index in [2.05, 4.69) is 69.4 Å². The molecule has 0 saturated carbocycles. The minimum atomic E-state index is -0.780. The standard InChI is InChI=1S/C53H94O6/c1-4-7-10-13-16-19-22-24-26-28-31-33-36-39-42-45-51(54)57-48-50(59-53(56)47-44-41-38-35-30-21-18-15-12-9-6-3)49-58-52(55)46-43-40-37-34-32-29-27-25-23-20-17-14-11-8-5-2/h7,10,15-16,18-19,24,26,50H,4-6,8-9,11-14,17,20-23,25,27-49H2,1-3H3/b10-7-,18-15-,19-16-,26-24-/t50-/m1/s1. The van der Waals surface area contributed by atoms with Crippen LogP contribution < -0.4 is 0 Å². The van der Waals surface area contributed by atoms with Crippen LogP contribution in [0.25, 0.3) is 0 Å². The maximum absolute atomic E-state index is 12.7. The van der Waals surface area contributed by atoms with Crippen molar-refractivity contribution in [2.45, 2.75) is 258 Å². The summed E-state index contributed by atoms with van der Waals surface area (Å²) in [7, 11) is 0. The first kappa shape index (κ1) is 56.4. The molecule has 0 saturated heterocycles. The van der Waals surface area contributed by atoms with Crippen molar-refractivity contribution in [3.63, 3.8) is 0 Å². The van der Waals surface area contributed by atoms with Gasteiger partial charge in [0.25, 0.3) is 0 Å². The van der Waals surface area contributed by atoms with Crippen LogP contribution in [0.5, 0.6) is 0 Å². The number of rotatable bonds is 45. The van der Waals surface area contributed by atoms with Gasteiger partial charge in [-0.2, -0.15) is 0 Å². The predicted octanol–water partition coefficient (Wildman–Crippen LogP) is 16.3. The van der Waals surface area contributed by atoms with E-state index in [1.165, 1.54) is 103 Å². The Morgan fingerprint density at radius 3 is 1.10 bits per heavy atom. The summed E-state index contributed by atoms with van der Waals surface area (Å²) >= 11 is 0. The molecule has 0 radical (unpaired) electrons. The maximum atomic E-state index is 12.7. The second-order valence-corrected chi connectivity index (χ2v) is 16.7. The lowest BCUT2D eigenvalue weighted by molar-refractivity contribution is -0.167. The monoisotopic (exact) mass is 827 g/mol. The molecule has 0 unspecified atom stereocenters. The molecule has 342 valence electrons. The molecule has 0 aromatic rings. The number of allylic oxidation sites excluding steroid dienone is 8. The van der Waals surface area contributed by atoms with E-state index in [0.717, 1.165) is 109 Å². The Morgan fingerprint density at radius 1 is 0.356 bits per heavy atom. The molecule has 0 aliphatic heterocycles. The number of ether oxygens (including phenoxy) is 3. The maximum Gasteiger partial charge on any atom is 0.306 e. The van der Waals surface area contributed by atoms with E-state index >= 15 is 0 Å². The van der Waals surface area contributed by atoms with E-state index in [-0.39, 0.29) is 31.1 Å². The highest BCUT2D eigenvalue weighted by Crippen LogP contribution is 2.15. The van der Waals surface area contributed by atoms with Gasteiger partial charge < -0.3 is 14.2 Å². The van der Waals surface area contributed by atoms with E-state index in [9.17, 15) is 14.4 Å². The highest BCUT2D eigenvalue weighted by molar-refractivity contribution is 5.71. The Hall–Kier alpha value is -2.63. The SMILES string of the molecule is CC/C=C\C/C=C\C/C=C\CCCCCCCC(=O)OC[C@H](COC(=O)CCCCCCCCCCCCCCCCC)OC(=O)CCCCCCC/C=C\CCCC. The molecule has 0 rings (SSSR count). The first-order valence-corrected chi connectivity index (χ1v) is 25.1. The molecule has 0 aliphatic carbocycles. The molecule has 0 N–H and O–H groups in total. The van der Waals surface area contributed by atoms with E-state index in [1.54, 1.807) is 0 Å². The second kappa shape index (κ2) is 48.0. The molecule has 0 aliphatic rings. The minimum Gasteiger partial charge on any atom is -0.462 e. The van der Waals surface area contributed by atoms with Gasteiger partial charge in [-0.1, -0.05) is 211 Å². The average molecular weight is 827 g/mol. The van der Waals surface area contributed by atoms with Gasteiger partial charge in [-0.25, -0.2) is 0 Å². The van der Waals surface area contributed by atoms with E-state index in [1.807, 2.05) is 0 Å². The van der Waals surface area contributed by atoms with E-state index in [0.29, 0.717) is 19.3 Å². The molecule has 0 bridgehead atoms. The summed E-state index contributed by atoms with van der Waals surface area (Å²) in [6.45, 7) is 6.48. The van der Waals surface area contributed by atoms with Crippen molar-refractivity contribution in [3.8, 4) is 0 Å². The quantitative estimate of drug-likeness (QED) is 0.0263. The molecule has 59 heavy (non-hydrogen) atoms. The Morgan fingerprint density at radius 2 is 0.678 bits per heavy atom. The fourth-order valence-corrected chi connectivity index (χ4v) is 7.03. The number of hydrogen-bond donors (Lipinski definition) is 0. The second-order valence-electron chi connectivity index (χ2n) is 16.7. The van der Waals surface area contributed by atoms with Crippen LogP contribution in [0.4, 0.5) is 0 Å². The van der Waals surface area contributed by atoms with Crippen molar-refractivity contribution < 1.29 is 28.6 Å². The lowest BCUT2D eigenvalue weighted by Crippen LogP contribution is -2.30. The zero-order chi connectivity index (χ0) is 43.0. The van der Waals surface area contributed by atoms with Crippen molar-refractivity contribution in [2.75, 3.05) is 13.2 Å². The third-order valence-corrected chi connectivity index (χ3v) is 10.8. The van der Waals surface area contributed by atoms with Crippen LogP contribution in [-0.4, -0.2) is 37.2 Å². The number of unbranched alkanes of at least 4 members (excludes halogenated alkanes) is 26. The Bertz CT molecular complexity index is 1040. The molecule has 0 aromatic carbocycles. The smallest absolute Gasteiger partial charge is 0.306 e. The Kier molecular flexibility index (Phi) is 45.9. The summed E-state index contributed by atoms with van der Waals surface area (Å²) in [6.07, 6.45) is 56.6. The van der Waals surface area contributed by atoms with Gasteiger partial charge in [0.2, 0.25) is 0 Å².